The number of urea groups is 1. The molecular weight excluding hydrogens is 151 g/mol. The Bertz CT molecular complexity index is 110. The maximum absolute atomic E-state index is 10.1. The van der Waals surface area contributed by atoms with Gasteiger partial charge in [-0.3, -0.25) is 10.1 Å². The Hall–Kier alpha value is -0.541. The second-order valence-electron chi connectivity index (χ2n) is 1.23. The molecule has 1 saturated heterocycles. The molecule has 0 aliphatic carbocycles. The van der Waals surface area contributed by atoms with E-state index in [4.69, 9.17) is 0 Å². The number of hydrogen-bond acceptors (Lipinski definition) is 2. The van der Waals surface area contributed by atoms with Crippen molar-refractivity contribution in [1.29, 1.82) is 0 Å². The first-order valence-corrected chi connectivity index (χ1v) is 1.87. The van der Waals surface area contributed by atoms with E-state index in [1.165, 1.54) is 0 Å². The Morgan fingerprint density at radius 3 is 2.12 bits per heavy atom. The number of hydrogen-bond donors (Lipinski definition) is 2. The zero-order valence-electron chi connectivity index (χ0n) is 3.90. The Labute approximate surface area is 56.5 Å². The van der Waals surface area contributed by atoms with Crippen molar-refractivity contribution < 1.29 is 26.7 Å². The van der Waals surface area contributed by atoms with Crippen LogP contribution >= 0.6 is 0 Å². The molecule has 1 aliphatic heterocycles. The second kappa shape index (κ2) is 2.69. The van der Waals surface area contributed by atoms with Crippen LogP contribution in [0.25, 0.3) is 0 Å². The molecule has 0 unspecified atom stereocenters. The molecule has 8 heavy (non-hydrogen) atoms. The van der Waals surface area contributed by atoms with Crippen molar-refractivity contribution in [3.05, 3.63) is 0 Å². The molecular formula is C3H4MnN2O2. The molecule has 0 atom stereocenters. The van der Waals surface area contributed by atoms with Crippen LogP contribution in [0.4, 0.5) is 4.79 Å². The molecule has 3 amide bonds. The maximum atomic E-state index is 10.1. The average Bonchev–Trinajstić information content (AvgIpc) is 1.87. The second-order valence-corrected chi connectivity index (χ2v) is 1.23. The Morgan fingerprint density at radius 1 is 1.38 bits per heavy atom. The van der Waals surface area contributed by atoms with Gasteiger partial charge in [0, 0.05) is 17.1 Å². The van der Waals surface area contributed by atoms with Gasteiger partial charge in [-0.05, 0) is 0 Å². The maximum Gasteiger partial charge on any atom is 0.321 e. The number of imide groups is 1. The third kappa shape index (κ3) is 1.52. The molecule has 1 fully saturated rings. The minimum atomic E-state index is -0.398. The zero-order chi connectivity index (χ0) is 5.28. The van der Waals surface area contributed by atoms with Gasteiger partial charge >= 0.3 is 6.03 Å². The molecule has 1 radical (unpaired) electrons. The third-order valence-electron chi connectivity index (χ3n) is 0.662. The Kier molecular flexibility index (Phi) is 2.51. The predicted octanol–water partition coefficient (Wildman–Crippen LogP) is -1.18. The minimum Gasteiger partial charge on any atom is -0.329 e. The molecule has 0 saturated carbocycles. The standard InChI is InChI=1S/C3H4N2O2.Mn/c6-2-1-4-3(7)5-2;/h1H2,(H2,4,5,6,7);. The van der Waals surface area contributed by atoms with Crippen LogP contribution in [0.3, 0.4) is 0 Å². The monoisotopic (exact) mass is 155 g/mol. The van der Waals surface area contributed by atoms with Gasteiger partial charge in [0.25, 0.3) is 0 Å². The molecule has 45 valence electrons. The Balaban J connectivity index is 0.000000490. The first kappa shape index (κ1) is 7.46. The summed E-state index contributed by atoms with van der Waals surface area (Å²) in [5.74, 6) is -0.259. The summed E-state index contributed by atoms with van der Waals surface area (Å²) in [7, 11) is 0. The van der Waals surface area contributed by atoms with Crippen molar-refractivity contribution in [1.82, 2.24) is 10.6 Å². The first-order valence-electron chi connectivity index (χ1n) is 1.87. The third-order valence-corrected chi connectivity index (χ3v) is 0.662. The van der Waals surface area contributed by atoms with Crippen molar-refractivity contribution in [3.8, 4) is 0 Å². The number of nitrogens with one attached hydrogen (secondary N) is 2. The summed E-state index contributed by atoms with van der Waals surface area (Å²) >= 11 is 0. The van der Waals surface area contributed by atoms with Crippen LogP contribution in [0.2, 0.25) is 0 Å². The number of rotatable bonds is 0. The van der Waals surface area contributed by atoms with Crippen LogP contribution in [0.15, 0.2) is 0 Å². The smallest absolute Gasteiger partial charge is 0.321 e. The van der Waals surface area contributed by atoms with Crippen molar-refractivity contribution >= 4 is 11.9 Å². The van der Waals surface area contributed by atoms with Crippen molar-refractivity contribution in [2.75, 3.05) is 6.54 Å². The van der Waals surface area contributed by atoms with Crippen LogP contribution in [-0.2, 0) is 21.9 Å². The summed E-state index contributed by atoms with van der Waals surface area (Å²) in [6, 6.07) is -0.398. The van der Waals surface area contributed by atoms with E-state index >= 15 is 0 Å². The van der Waals surface area contributed by atoms with Crippen molar-refractivity contribution in [2.45, 2.75) is 0 Å². The average molecular weight is 155 g/mol. The van der Waals surface area contributed by atoms with Crippen LogP contribution < -0.4 is 10.6 Å². The summed E-state index contributed by atoms with van der Waals surface area (Å²) < 4.78 is 0. The molecule has 1 aliphatic rings. The predicted molar refractivity (Wildman–Crippen MR) is 21.5 cm³/mol. The van der Waals surface area contributed by atoms with E-state index in [1.54, 1.807) is 0 Å². The van der Waals surface area contributed by atoms with Gasteiger partial charge in [-0.15, -0.1) is 0 Å². The van der Waals surface area contributed by atoms with Gasteiger partial charge in [0.2, 0.25) is 5.91 Å². The zero-order valence-corrected chi connectivity index (χ0v) is 5.08. The number of carbonyl (C=O) groups is 2. The Morgan fingerprint density at radius 2 is 2.00 bits per heavy atom. The largest absolute Gasteiger partial charge is 0.329 e. The molecule has 5 heteroatoms. The SMILES string of the molecule is O=C1CNC(=O)N1.[Mn]. The van der Waals surface area contributed by atoms with E-state index in [2.05, 4.69) is 5.32 Å². The van der Waals surface area contributed by atoms with E-state index in [1.807, 2.05) is 5.32 Å². The fourth-order valence-corrected chi connectivity index (χ4v) is 0.376. The van der Waals surface area contributed by atoms with Gasteiger partial charge < -0.3 is 5.32 Å². The molecule has 1 heterocycles. The molecule has 0 spiro atoms. The van der Waals surface area contributed by atoms with Gasteiger partial charge in [-0.25, -0.2) is 4.79 Å². The van der Waals surface area contributed by atoms with Crippen LogP contribution in [-0.4, -0.2) is 18.5 Å². The minimum absolute atomic E-state index is 0. The number of amides is 3. The van der Waals surface area contributed by atoms with Gasteiger partial charge in [0.05, 0.1) is 6.54 Å². The van der Waals surface area contributed by atoms with Gasteiger partial charge in [-0.2, -0.15) is 0 Å². The summed E-state index contributed by atoms with van der Waals surface area (Å²) in [6.07, 6.45) is 0. The van der Waals surface area contributed by atoms with Crippen LogP contribution in [0, 0.1) is 0 Å². The molecule has 1 rings (SSSR count). The molecule has 0 aromatic rings. The van der Waals surface area contributed by atoms with Crippen LogP contribution in [0.1, 0.15) is 0 Å². The summed E-state index contributed by atoms with van der Waals surface area (Å²) in [6.45, 7) is 0.124. The fourth-order valence-electron chi connectivity index (χ4n) is 0.376. The summed E-state index contributed by atoms with van der Waals surface area (Å²) in [4.78, 5) is 20.1. The summed E-state index contributed by atoms with van der Waals surface area (Å²) in [5.41, 5.74) is 0. The molecule has 0 aromatic carbocycles. The van der Waals surface area contributed by atoms with E-state index in [9.17, 15) is 9.59 Å². The van der Waals surface area contributed by atoms with Gasteiger partial charge in [0.1, 0.15) is 0 Å². The molecule has 0 aromatic heterocycles. The topological polar surface area (TPSA) is 58.2 Å². The number of carbonyl (C=O) groups excluding carboxylic acids is 2. The van der Waals surface area contributed by atoms with Gasteiger partial charge in [0.15, 0.2) is 0 Å². The quantitative estimate of drug-likeness (QED) is 0.342. The van der Waals surface area contributed by atoms with E-state index in [0.29, 0.717) is 0 Å². The normalized spacial score (nSPS) is 16.5. The molecule has 2 N–H and O–H groups in total. The van der Waals surface area contributed by atoms with E-state index in [0.717, 1.165) is 0 Å². The van der Waals surface area contributed by atoms with Gasteiger partial charge in [-0.1, -0.05) is 0 Å². The van der Waals surface area contributed by atoms with E-state index in [-0.39, 0.29) is 29.5 Å². The molecule has 0 bridgehead atoms. The first-order chi connectivity index (χ1) is 3.29. The van der Waals surface area contributed by atoms with Crippen molar-refractivity contribution in [2.24, 2.45) is 0 Å². The van der Waals surface area contributed by atoms with Crippen LogP contribution in [0.5, 0.6) is 0 Å². The van der Waals surface area contributed by atoms with Crippen molar-refractivity contribution in [3.63, 3.8) is 0 Å². The van der Waals surface area contributed by atoms with E-state index < -0.39 is 6.03 Å². The molecule has 4 nitrogen and oxygen atoms in total. The summed E-state index contributed by atoms with van der Waals surface area (Å²) in [5, 5.41) is 4.30. The fraction of sp³-hybridized carbons (Fsp3) is 0.333.